The molecular formula is C15H23N5O3S. The lowest BCUT2D eigenvalue weighted by atomic mass is 10.2. The van der Waals surface area contributed by atoms with Crippen LogP contribution in [0.4, 0.5) is 5.82 Å². The number of thiol groups is 1. The number of aliphatic hydroxyl groups is 2. The Hall–Kier alpha value is -1.42. The molecule has 24 heavy (non-hydrogen) atoms. The fraction of sp³-hybridized carbons (Fsp3) is 0.667. The monoisotopic (exact) mass is 353 g/mol. The predicted octanol–water partition coefficient (Wildman–Crippen LogP) is 0.690. The number of ether oxygens (including phenoxy) is 1. The number of rotatable bonds is 6. The summed E-state index contributed by atoms with van der Waals surface area (Å²) in [6.45, 7) is 1.86. The van der Waals surface area contributed by atoms with Crippen LogP contribution in [-0.4, -0.2) is 53.8 Å². The summed E-state index contributed by atoms with van der Waals surface area (Å²) in [6.07, 6.45) is 3.40. The van der Waals surface area contributed by atoms with Crippen molar-refractivity contribution in [3.63, 3.8) is 0 Å². The van der Waals surface area contributed by atoms with Gasteiger partial charge in [-0.3, -0.25) is 4.57 Å². The smallest absolute Gasteiger partial charge is 0.167 e. The van der Waals surface area contributed by atoms with Crippen molar-refractivity contribution in [2.24, 2.45) is 0 Å². The summed E-state index contributed by atoms with van der Waals surface area (Å²) in [6, 6.07) is 0. The van der Waals surface area contributed by atoms with Crippen LogP contribution in [0.1, 0.15) is 38.2 Å². The molecule has 3 heterocycles. The number of aliphatic hydroxyl groups excluding tert-OH is 2. The Morgan fingerprint density at radius 2 is 2.17 bits per heavy atom. The van der Waals surface area contributed by atoms with Gasteiger partial charge in [0.05, 0.1) is 24.3 Å². The van der Waals surface area contributed by atoms with E-state index in [1.807, 2.05) is 0 Å². The first-order valence-corrected chi connectivity index (χ1v) is 8.69. The molecule has 0 spiro atoms. The van der Waals surface area contributed by atoms with Gasteiger partial charge < -0.3 is 20.7 Å². The van der Waals surface area contributed by atoms with E-state index >= 15 is 0 Å². The summed E-state index contributed by atoms with van der Waals surface area (Å²) in [5, 5.41) is 18.9. The standard InChI is InChI=1S/C15H23N5O3S/c1-2-3-4-5-9-18-13(16)10-14(19-9)20(7-17-10)15-12(24)11(22)8(6-21)23-15/h7-8,11-12,15,21-22,24H,2-6H2,1H3,(H2,16,18,19)/t8-,11-,12-,15-/m1/s1. The maximum atomic E-state index is 10.1. The van der Waals surface area contributed by atoms with Crippen molar-refractivity contribution in [2.45, 2.75) is 56.3 Å². The number of hydrogen-bond donors (Lipinski definition) is 4. The lowest BCUT2D eigenvalue weighted by molar-refractivity contribution is -0.0430. The van der Waals surface area contributed by atoms with E-state index < -0.39 is 23.7 Å². The quantitative estimate of drug-likeness (QED) is 0.445. The Morgan fingerprint density at radius 3 is 2.83 bits per heavy atom. The largest absolute Gasteiger partial charge is 0.394 e. The first kappa shape index (κ1) is 17.4. The summed E-state index contributed by atoms with van der Waals surface area (Å²) >= 11 is 4.42. The Kier molecular flexibility index (Phi) is 5.24. The van der Waals surface area contributed by atoms with Crippen molar-refractivity contribution < 1.29 is 14.9 Å². The summed E-state index contributed by atoms with van der Waals surface area (Å²) in [4.78, 5) is 13.2. The Balaban J connectivity index is 1.94. The Morgan fingerprint density at radius 1 is 1.38 bits per heavy atom. The molecule has 3 rings (SSSR count). The molecule has 0 aliphatic carbocycles. The molecule has 2 aromatic heterocycles. The lowest BCUT2D eigenvalue weighted by Crippen LogP contribution is -2.30. The van der Waals surface area contributed by atoms with Crippen molar-refractivity contribution in [3.05, 3.63) is 12.2 Å². The highest BCUT2D eigenvalue weighted by molar-refractivity contribution is 7.81. The van der Waals surface area contributed by atoms with Gasteiger partial charge in [-0.25, -0.2) is 15.0 Å². The molecule has 1 saturated heterocycles. The molecule has 132 valence electrons. The van der Waals surface area contributed by atoms with E-state index in [0.717, 1.165) is 25.7 Å². The van der Waals surface area contributed by atoms with Gasteiger partial charge in [0.25, 0.3) is 0 Å². The molecule has 0 unspecified atom stereocenters. The Bertz CT molecular complexity index is 710. The number of hydrogen-bond acceptors (Lipinski definition) is 8. The normalized spacial score (nSPS) is 27.2. The van der Waals surface area contributed by atoms with Gasteiger partial charge in [0.1, 0.15) is 17.4 Å². The molecule has 8 nitrogen and oxygen atoms in total. The summed E-state index contributed by atoms with van der Waals surface area (Å²) in [5.74, 6) is 1.00. The Labute approximate surface area is 145 Å². The van der Waals surface area contributed by atoms with E-state index in [-0.39, 0.29) is 6.61 Å². The first-order valence-electron chi connectivity index (χ1n) is 8.18. The number of nitrogens with two attached hydrogens (primary N) is 1. The van der Waals surface area contributed by atoms with Gasteiger partial charge in [0, 0.05) is 6.42 Å². The van der Waals surface area contributed by atoms with Crippen LogP contribution in [-0.2, 0) is 11.2 Å². The zero-order valence-electron chi connectivity index (χ0n) is 13.5. The van der Waals surface area contributed by atoms with E-state index in [1.54, 1.807) is 10.9 Å². The van der Waals surface area contributed by atoms with Gasteiger partial charge in [0.2, 0.25) is 0 Å². The van der Waals surface area contributed by atoms with Crippen molar-refractivity contribution in [2.75, 3.05) is 12.3 Å². The molecule has 9 heteroatoms. The van der Waals surface area contributed by atoms with Crippen molar-refractivity contribution in [1.29, 1.82) is 0 Å². The predicted molar refractivity (Wildman–Crippen MR) is 92.7 cm³/mol. The van der Waals surface area contributed by atoms with Gasteiger partial charge in [-0.05, 0) is 6.42 Å². The number of aryl methyl sites for hydroxylation is 1. The molecule has 2 aromatic rings. The van der Waals surface area contributed by atoms with Crippen molar-refractivity contribution in [3.8, 4) is 0 Å². The van der Waals surface area contributed by atoms with Crippen molar-refractivity contribution >= 4 is 29.6 Å². The third-order valence-corrected chi connectivity index (χ3v) is 4.85. The lowest BCUT2D eigenvalue weighted by Gasteiger charge is -2.17. The van der Waals surface area contributed by atoms with Gasteiger partial charge in [-0.15, -0.1) is 0 Å². The number of fused-ring (bicyclic) bond motifs is 1. The molecule has 0 saturated carbocycles. The van der Waals surface area contributed by atoms with Gasteiger partial charge in [-0.1, -0.05) is 19.8 Å². The van der Waals surface area contributed by atoms with Crippen LogP contribution in [0, 0.1) is 0 Å². The molecule has 0 aromatic carbocycles. The number of aromatic nitrogens is 4. The highest BCUT2D eigenvalue weighted by Crippen LogP contribution is 2.35. The summed E-state index contributed by atoms with van der Waals surface area (Å²) < 4.78 is 7.41. The number of nitrogens with zero attached hydrogens (tertiary/aromatic N) is 4. The van der Waals surface area contributed by atoms with Crippen LogP contribution < -0.4 is 5.73 Å². The maximum absolute atomic E-state index is 10.1. The molecule has 0 bridgehead atoms. The molecule has 0 amide bonds. The minimum Gasteiger partial charge on any atom is -0.394 e. The van der Waals surface area contributed by atoms with E-state index in [4.69, 9.17) is 10.5 Å². The second-order valence-corrected chi connectivity index (χ2v) is 6.63. The van der Waals surface area contributed by atoms with Gasteiger partial charge >= 0.3 is 0 Å². The molecule has 1 aliphatic rings. The fourth-order valence-electron chi connectivity index (χ4n) is 2.93. The van der Waals surface area contributed by atoms with E-state index in [2.05, 4.69) is 34.5 Å². The topological polar surface area (TPSA) is 119 Å². The first-order chi connectivity index (χ1) is 11.6. The molecule has 4 N–H and O–H groups in total. The molecular weight excluding hydrogens is 330 g/mol. The number of imidazole rings is 1. The number of nitrogen functional groups attached to an aromatic ring is 1. The average molecular weight is 353 g/mol. The minimum atomic E-state index is -0.871. The summed E-state index contributed by atoms with van der Waals surface area (Å²) in [5.41, 5.74) is 7.07. The van der Waals surface area contributed by atoms with E-state index in [1.165, 1.54) is 0 Å². The maximum Gasteiger partial charge on any atom is 0.167 e. The molecule has 1 aliphatic heterocycles. The third kappa shape index (κ3) is 3.08. The average Bonchev–Trinajstić information content (AvgIpc) is 3.10. The van der Waals surface area contributed by atoms with Gasteiger partial charge in [-0.2, -0.15) is 12.6 Å². The minimum absolute atomic E-state index is 0.277. The second kappa shape index (κ2) is 7.22. The number of anilines is 1. The van der Waals surface area contributed by atoms with Crippen LogP contribution >= 0.6 is 12.6 Å². The van der Waals surface area contributed by atoms with E-state index in [0.29, 0.717) is 22.8 Å². The van der Waals surface area contributed by atoms with E-state index in [9.17, 15) is 10.2 Å². The van der Waals surface area contributed by atoms with Gasteiger partial charge in [0.15, 0.2) is 17.7 Å². The molecule has 4 atom stereocenters. The molecule has 1 fully saturated rings. The highest BCUT2D eigenvalue weighted by atomic mass is 32.1. The third-order valence-electron chi connectivity index (χ3n) is 4.29. The zero-order valence-corrected chi connectivity index (χ0v) is 14.4. The van der Waals surface area contributed by atoms with Crippen LogP contribution in [0.2, 0.25) is 0 Å². The van der Waals surface area contributed by atoms with Crippen molar-refractivity contribution in [1.82, 2.24) is 19.5 Å². The van der Waals surface area contributed by atoms with Crippen LogP contribution in [0.15, 0.2) is 6.33 Å². The highest BCUT2D eigenvalue weighted by Gasteiger charge is 2.43. The summed E-state index contributed by atoms with van der Waals surface area (Å²) in [7, 11) is 0. The number of unbranched alkanes of at least 4 members (excludes halogenated alkanes) is 2. The fourth-order valence-corrected chi connectivity index (χ4v) is 3.33. The SMILES string of the molecule is CCCCCc1nc(N)c2ncn([C@@H]3O[C@H](CO)[C@@H](O)[C@H]3S)c2n1. The van der Waals surface area contributed by atoms with Crippen LogP contribution in [0.5, 0.6) is 0 Å². The second-order valence-electron chi connectivity index (χ2n) is 6.04. The van der Waals surface area contributed by atoms with Crippen LogP contribution in [0.3, 0.4) is 0 Å². The zero-order chi connectivity index (χ0) is 17.3. The molecule has 0 radical (unpaired) electrons. The van der Waals surface area contributed by atoms with Crippen LogP contribution in [0.25, 0.3) is 11.2 Å².